The van der Waals surface area contributed by atoms with Gasteiger partial charge in [0.1, 0.15) is 11.5 Å². The maximum Gasteiger partial charge on any atom is 0.119 e. The highest BCUT2D eigenvalue weighted by atomic mass is 32.2. The van der Waals surface area contributed by atoms with Crippen LogP contribution in [0.4, 0.5) is 0 Å². The van der Waals surface area contributed by atoms with E-state index in [2.05, 4.69) is 29.6 Å². The summed E-state index contributed by atoms with van der Waals surface area (Å²) in [5.74, 6) is 2.73. The molecular weight excluding hydrogens is 282 g/mol. The molecule has 0 aliphatic heterocycles. The first-order valence-electron chi connectivity index (χ1n) is 6.85. The second-order valence-electron chi connectivity index (χ2n) is 4.60. The fourth-order valence-electron chi connectivity index (χ4n) is 2.06. The van der Waals surface area contributed by atoms with E-state index in [1.807, 2.05) is 43.1 Å². The van der Waals surface area contributed by atoms with E-state index < -0.39 is 0 Å². The number of hydrogen-bond acceptors (Lipinski definition) is 4. The average Bonchev–Trinajstić information content (AvgIpc) is 2.56. The summed E-state index contributed by atoms with van der Waals surface area (Å²) in [7, 11) is 5.36. The summed E-state index contributed by atoms with van der Waals surface area (Å²) >= 11 is 1.82. The Morgan fingerprint density at radius 3 is 2.33 bits per heavy atom. The predicted octanol–water partition coefficient (Wildman–Crippen LogP) is 3.76. The molecule has 0 amide bonds. The molecule has 4 heteroatoms. The summed E-state index contributed by atoms with van der Waals surface area (Å²) in [6.45, 7) is 0. The maximum atomic E-state index is 5.29. The van der Waals surface area contributed by atoms with Crippen molar-refractivity contribution in [1.29, 1.82) is 0 Å². The Labute approximate surface area is 130 Å². The van der Waals surface area contributed by atoms with Crippen LogP contribution in [0.1, 0.15) is 11.6 Å². The molecule has 2 aromatic carbocycles. The van der Waals surface area contributed by atoms with Gasteiger partial charge < -0.3 is 14.8 Å². The zero-order valence-electron chi connectivity index (χ0n) is 12.6. The lowest BCUT2D eigenvalue weighted by Gasteiger charge is -2.17. The molecule has 0 bridgehead atoms. The van der Waals surface area contributed by atoms with Crippen LogP contribution in [0.15, 0.2) is 53.4 Å². The third kappa shape index (κ3) is 4.41. The highest BCUT2D eigenvalue weighted by Gasteiger charge is 2.10. The molecule has 0 saturated carbocycles. The Bertz CT molecular complexity index is 557. The lowest BCUT2D eigenvalue weighted by atomic mass is 10.1. The summed E-state index contributed by atoms with van der Waals surface area (Å²) in [5.41, 5.74) is 1.23. The van der Waals surface area contributed by atoms with E-state index >= 15 is 0 Å². The Morgan fingerprint density at radius 1 is 1.00 bits per heavy atom. The van der Waals surface area contributed by atoms with Gasteiger partial charge in [0.05, 0.1) is 14.2 Å². The van der Waals surface area contributed by atoms with E-state index in [0.717, 1.165) is 17.3 Å². The second-order valence-corrected chi connectivity index (χ2v) is 5.70. The first-order chi connectivity index (χ1) is 10.3. The van der Waals surface area contributed by atoms with E-state index in [1.54, 1.807) is 14.2 Å². The van der Waals surface area contributed by atoms with Crippen LogP contribution in [0.25, 0.3) is 0 Å². The highest BCUT2D eigenvalue weighted by molar-refractivity contribution is 7.99. The van der Waals surface area contributed by atoms with Crippen LogP contribution >= 0.6 is 11.8 Å². The number of rotatable bonds is 7. The van der Waals surface area contributed by atoms with Gasteiger partial charge in [0.15, 0.2) is 0 Å². The zero-order valence-corrected chi connectivity index (χ0v) is 13.4. The lowest BCUT2D eigenvalue weighted by Crippen LogP contribution is -2.18. The van der Waals surface area contributed by atoms with Gasteiger partial charge in [0.2, 0.25) is 0 Å². The molecule has 21 heavy (non-hydrogen) atoms. The fourth-order valence-corrected chi connectivity index (χ4v) is 3.10. The number of methoxy groups -OCH3 is 2. The van der Waals surface area contributed by atoms with E-state index in [-0.39, 0.29) is 6.04 Å². The molecule has 0 fully saturated rings. The van der Waals surface area contributed by atoms with Gasteiger partial charge in [-0.15, -0.1) is 11.8 Å². The molecule has 112 valence electrons. The normalized spacial score (nSPS) is 12.0. The molecule has 2 rings (SSSR count). The molecule has 1 N–H and O–H groups in total. The molecule has 0 aliphatic rings. The van der Waals surface area contributed by atoms with Crippen molar-refractivity contribution in [3.8, 4) is 11.5 Å². The van der Waals surface area contributed by atoms with Gasteiger partial charge in [0.25, 0.3) is 0 Å². The lowest BCUT2D eigenvalue weighted by molar-refractivity contribution is 0.413. The van der Waals surface area contributed by atoms with Gasteiger partial charge in [-0.2, -0.15) is 0 Å². The quantitative estimate of drug-likeness (QED) is 0.789. The van der Waals surface area contributed by atoms with Gasteiger partial charge in [-0.05, 0) is 49.0 Å². The standard InChI is InChI=1S/C17H21NO2S/c1-18-17(13-5-4-6-15(11-13)20-3)12-21-16-9-7-14(19-2)8-10-16/h4-11,17-18H,12H2,1-3H3. The molecule has 0 radical (unpaired) electrons. The minimum Gasteiger partial charge on any atom is -0.497 e. The van der Waals surface area contributed by atoms with Gasteiger partial charge in [0, 0.05) is 16.7 Å². The third-order valence-corrected chi connectivity index (χ3v) is 4.43. The Balaban J connectivity index is 2.01. The fraction of sp³-hybridized carbons (Fsp3) is 0.294. The Kier molecular flexibility index (Phi) is 5.96. The zero-order chi connectivity index (χ0) is 15.1. The number of nitrogens with one attached hydrogen (secondary N) is 1. The molecule has 1 unspecified atom stereocenters. The molecule has 0 heterocycles. The van der Waals surface area contributed by atoms with Crippen LogP contribution in [0.2, 0.25) is 0 Å². The SMILES string of the molecule is CNC(CSc1ccc(OC)cc1)c1cccc(OC)c1. The van der Waals surface area contributed by atoms with Crippen LogP contribution in [0.3, 0.4) is 0 Å². The molecular formula is C17H21NO2S. The van der Waals surface area contributed by atoms with Gasteiger partial charge in [-0.3, -0.25) is 0 Å². The average molecular weight is 303 g/mol. The second kappa shape index (κ2) is 7.96. The predicted molar refractivity (Wildman–Crippen MR) is 88.5 cm³/mol. The van der Waals surface area contributed by atoms with Crippen molar-refractivity contribution in [3.63, 3.8) is 0 Å². The van der Waals surface area contributed by atoms with Gasteiger partial charge in [-0.1, -0.05) is 12.1 Å². The maximum absolute atomic E-state index is 5.29. The van der Waals surface area contributed by atoms with Crippen molar-refractivity contribution in [2.75, 3.05) is 27.0 Å². The summed E-state index contributed by atoms with van der Waals surface area (Å²) < 4.78 is 10.5. The largest absolute Gasteiger partial charge is 0.497 e. The molecule has 0 aromatic heterocycles. The number of thioether (sulfide) groups is 1. The third-order valence-electron chi connectivity index (χ3n) is 3.32. The molecule has 0 spiro atoms. The molecule has 0 aliphatic carbocycles. The van der Waals surface area contributed by atoms with Crippen molar-refractivity contribution in [1.82, 2.24) is 5.32 Å². The Hall–Kier alpha value is -1.65. The first-order valence-corrected chi connectivity index (χ1v) is 7.83. The topological polar surface area (TPSA) is 30.5 Å². The van der Waals surface area contributed by atoms with Crippen molar-refractivity contribution in [3.05, 3.63) is 54.1 Å². The van der Waals surface area contributed by atoms with E-state index in [0.29, 0.717) is 0 Å². The van der Waals surface area contributed by atoms with Crippen molar-refractivity contribution >= 4 is 11.8 Å². The minimum atomic E-state index is 0.284. The first kappa shape index (κ1) is 15.7. The van der Waals surface area contributed by atoms with Crippen molar-refractivity contribution in [2.45, 2.75) is 10.9 Å². The van der Waals surface area contributed by atoms with Crippen LogP contribution in [0, 0.1) is 0 Å². The summed E-state index contributed by atoms with van der Waals surface area (Å²) in [6, 6.07) is 16.6. The Morgan fingerprint density at radius 2 is 1.71 bits per heavy atom. The number of benzene rings is 2. The molecule has 0 saturated heterocycles. The van der Waals surface area contributed by atoms with E-state index in [1.165, 1.54) is 10.5 Å². The smallest absolute Gasteiger partial charge is 0.119 e. The number of hydrogen-bond donors (Lipinski definition) is 1. The number of ether oxygens (including phenoxy) is 2. The minimum absolute atomic E-state index is 0.284. The van der Waals surface area contributed by atoms with Gasteiger partial charge >= 0.3 is 0 Å². The van der Waals surface area contributed by atoms with Crippen molar-refractivity contribution < 1.29 is 9.47 Å². The van der Waals surface area contributed by atoms with Gasteiger partial charge in [-0.25, -0.2) is 0 Å². The monoisotopic (exact) mass is 303 g/mol. The molecule has 1 atom stereocenters. The van der Waals surface area contributed by atoms with Crippen LogP contribution in [-0.4, -0.2) is 27.0 Å². The highest BCUT2D eigenvalue weighted by Crippen LogP contribution is 2.27. The summed E-state index contributed by atoms with van der Waals surface area (Å²) in [5, 5.41) is 3.36. The van der Waals surface area contributed by atoms with Crippen LogP contribution in [-0.2, 0) is 0 Å². The molecule has 2 aromatic rings. The summed E-state index contributed by atoms with van der Waals surface area (Å²) in [6.07, 6.45) is 0. The van der Waals surface area contributed by atoms with E-state index in [9.17, 15) is 0 Å². The molecule has 3 nitrogen and oxygen atoms in total. The van der Waals surface area contributed by atoms with Crippen LogP contribution in [0.5, 0.6) is 11.5 Å². The van der Waals surface area contributed by atoms with E-state index in [4.69, 9.17) is 9.47 Å². The van der Waals surface area contributed by atoms with Crippen molar-refractivity contribution in [2.24, 2.45) is 0 Å². The summed E-state index contributed by atoms with van der Waals surface area (Å²) in [4.78, 5) is 1.24. The van der Waals surface area contributed by atoms with Crippen LogP contribution < -0.4 is 14.8 Å².